The molecule has 22 heavy (non-hydrogen) atoms. The number of aromatic nitrogens is 1. The van der Waals surface area contributed by atoms with E-state index in [9.17, 15) is 9.90 Å². The Hall–Kier alpha value is -1.56. The summed E-state index contributed by atoms with van der Waals surface area (Å²) in [5, 5.41) is 17.4. The lowest BCUT2D eigenvalue weighted by Crippen LogP contribution is -2.32. The van der Waals surface area contributed by atoms with Crippen molar-refractivity contribution in [3.63, 3.8) is 0 Å². The minimum absolute atomic E-state index is 0.334. The van der Waals surface area contributed by atoms with Gasteiger partial charge < -0.3 is 14.9 Å². The Balaban J connectivity index is 2.14. The average Bonchev–Trinajstić information content (AvgIpc) is 2.76. The maximum atomic E-state index is 12.2. The quantitative estimate of drug-likeness (QED) is 0.891. The van der Waals surface area contributed by atoms with Gasteiger partial charge in [-0.15, -0.1) is 0 Å². The van der Waals surface area contributed by atoms with Crippen molar-refractivity contribution in [3.8, 4) is 0 Å². The Morgan fingerprint density at radius 2 is 1.86 bits per heavy atom. The molecule has 1 aromatic heterocycles. The predicted octanol–water partition coefficient (Wildman–Crippen LogP) is 3.51. The second-order valence-corrected chi connectivity index (χ2v) is 5.95. The van der Waals surface area contributed by atoms with Crippen LogP contribution in [-0.2, 0) is 4.79 Å². The number of hydrogen-bond donors (Lipinski definition) is 2. The minimum Gasteiger partial charge on any atom is -0.378 e. The summed E-state index contributed by atoms with van der Waals surface area (Å²) in [6.45, 7) is 5.36. The zero-order valence-electron chi connectivity index (χ0n) is 12.4. The summed E-state index contributed by atoms with van der Waals surface area (Å²) in [7, 11) is 0. The molecule has 1 heterocycles. The molecule has 0 saturated carbocycles. The number of nitrogens with one attached hydrogen (secondary N) is 1. The van der Waals surface area contributed by atoms with Gasteiger partial charge in [-0.2, -0.15) is 0 Å². The first-order valence-electron chi connectivity index (χ1n) is 6.66. The van der Waals surface area contributed by atoms with E-state index in [2.05, 4.69) is 10.5 Å². The molecule has 0 aliphatic rings. The standard InChI is InChI=1S/C15H16Cl2N2O3/c1-7(13-8(2)19-22-9(13)3)18-15(21)14(20)10-4-11(16)6-12(17)5-10/h4-7,14,20H,1-3H3,(H,18,21)/t7-,14+/m1/s1. The molecule has 118 valence electrons. The molecule has 0 unspecified atom stereocenters. The van der Waals surface area contributed by atoms with E-state index in [4.69, 9.17) is 27.7 Å². The average molecular weight is 343 g/mol. The van der Waals surface area contributed by atoms with Crippen molar-refractivity contribution < 1.29 is 14.4 Å². The monoisotopic (exact) mass is 342 g/mol. The maximum absolute atomic E-state index is 12.2. The SMILES string of the molecule is Cc1noc(C)c1[C@@H](C)NC(=O)[C@@H](O)c1cc(Cl)cc(Cl)c1. The molecule has 2 aromatic rings. The summed E-state index contributed by atoms with van der Waals surface area (Å²) < 4.78 is 5.08. The van der Waals surface area contributed by atoms with Gasteiger partial charge in [0, 0.05) is 15.6 Å². The number of halogens is 2. The fraction of sp³-hybridized carbons (Fsp3) is 0.333. The van der Waals surface area contributed by atoms with Crippen molar-refractivity contribution in [1.82, 2.24) is 10.5 Å². The van der Waals surface area contributed by atoms with Crippen LogP contribution in [-0.4, -0.2) is 16.2 Å². The normalized spacial score (nSPS) is 13.7. The van der Waals surface area contributed by atoms with Gasteiger partial charge in [-0.1, -0.05) is 28.4 Å². The highest BCUT2D eigenvalue weighted by molar-refractivity contribution is 6.34. The Kier molecular flexibility index (Phi) is 5.11. The van der Waals surface area contributed by atoms with Crippen molar-refractivity contribution in [2.75, 3.05) is 0 Å². The smallest absolute Gasteiger partial charge is 0.253 e. The number of carbonyl (C=O) groups is 1. The third-order valence-corrected chi connectivity index (χ3v) is 3.77. The molecule has 1 aromatic carbocycles. The molecule has 0 bridgehead atoms. The number of nitrogens with zero attached hydrogens (tertiary/aromatic N) is 1. The van der Waals surface area contributed by atoms with Crippen molar-refractivity contribution in [3.05, 3.63) is 50.8 Å². The largest absolute Gasteiger partial charge is 0.378 e. The summed E-state index contributed by atoms with van der Waals surface area (Å²) in [4.78, 5) is 12.2. The number of aliphatic hydroxyl groups is 1. The van der Waals surface area contributed by atoms with E-state index < -0.39 is 12.0 Å². The minimum atomic E-state index is -1.36. The Morgan fingerprint density at radius 3 is 2.36 bits per heavy atom. The van der Waals surface area contributed by atoms with E-state index in [1.54, 1.807) is 20.8 Å². The highest BCUT2D eigenvalue weighted by Crippen LogP contribution is 2.25. The van der Waals surface area contributed by atoms with Crippen LogP contribution < -0.4 is 5.32 Å². The van der Waals surface area contributed by atoms with Gasteiger partial charge in [0.05, 0.1) is 11.7 Å². The van der Waals surface area contributed by atoms with Gasteiger partial charge in [-0.05, 0) is 44.5 Å². The van der Waals surface area contributed by atoms with Gasteiger partial charge in [0.15, 0.2) is 6.10 Å². The molecule has 2 N–H and O–H groups in total. The lowest BCUT2D eigenvalue weighted by molar-refractivity contribution is -0.130. The maximum Gasteiger partial charge on any atom is 0.253 e. The molecule has 0 saturated heterocycles. The molecule has 1 amide bonds. The van der Waals surface area contributed by atoms with Crippen LogP contribution in [0.25, 0.3) is 0 Å². The molecule has 5 nitrogen and oxygen atoms in total. The van der Waals surface area contributed by atoms with Gasteiger partial charge in [-0.3, -0.25) is 4.79 Å². The fourth-order valence-corrected chi connectivity index (χ4v) is 2.90. The number of carbonyl (C=O) groups excluding carboxylic acids is 1. The number of aryl methyl sites for hydroxylation is 2. The van der Waals surface area contributed by atoms with Crippen LogP contribution in [0.15, 0.2) is 22.7 Å². The molecule has 7 heteroatoms. The van der Waals surface area contributed by atoms with Crippen LogP contribution in [0.4, 0.5) is 0 Å². The van der Waals surface area contributed by atoms with Crippen LogP contribution >= 0.6 is 23.2 Å². The van der Waals surface area contributed by atoms with Crippen molar-refractivity contribution in [2.45, 2.75) is 32.9 Å². The van der Waals surface area contributed by atoms with E-state index >= 15 is 0 Å². The van der Waals surface area contributed by atoms with E-state index in [1.807, 2.05) is 0 Å². The molecule has 0 spiro atoms. The second-order valence-electron chi connectivity index (χ2n) is 5.07. The molecule has 0 radical (unpaired) electrons. The van der Waals surface area contributed by atoms with E-state index in [0.717, 1.165) is 5.56 Å². The number of amides is 1. The lowest BCUT2D eigenvalue weighted by atomic mass is 10.1. The molecular formula is C15H16Cl2N2O3. The second kappa shape index (κ2) is 6.69. The van der Waals surface area contributed by atoms with Crippen molar-refractivity contribution in [2.24, 2.45) is 0 Å². The highest BCUT2D eigenvalue weighted by atomic mass is 35.5. The summed E-state index contributed by atoms with van der Waals surface area (Å²) in [5.74, 6) is 0.0800. The Bertz CT molecular complexity index is 660. The molecule has 0 aliphatic heterocycles. The molecule has 0 fully saturated rings. The summed E-state index contributed by atoms with van der Waals surface area (Å²) >= 11 is 11.8. The zero-order valence-corrected chi connectivity index (χ0v) is 13.9. The fourth-order valence-electron chi connectivity index (χ4n) is 2.36. The van der Waals surface area contributed by atoms with Gasteiger partial charge in [0.2, 0.25) is 0 Å². The molecule has 2 rings (SSSR count). The van der Waals surface area contributed by atoms with Gasteiger partial charge >= 0.3 is 0 Å². The third kappa shape index (κ3) is 3.61. The van der Waals surface area contributed by atoms with Crippen LogP contribution in [0, 0.1) is 13.8 Å². The summed E-state index contributed by atoms with van der Waals surface area (Å²) in [6, 6.07) is 4.18. The first-order valence-corrected chi connectivity index (χ1v) is 7.42. The number of aliphatic hydroxyl groups excluding tert-OH is 1. The predicted molar refractivity (Wildman–Crippen MR) is 84.0 cm³/mol. The van der Waals surface area contributed by atoms with Crippen LogP contribution in [0.2, 0.25) is 10.0 Å². The van der Waals surface area contributed by atoms with Gasteiger partial charge in [-0.25, -0.2) is 0 Å². The van der Waals surface area contributed by atoms with Gasteiger partial charge in [0.1, 0.15) is 5.76 Å². The highest BCUT2D eigenvalue weighted by Gasteiger charge is 2.23. The molecular weight excluding hydrogens is 327 g/mol. The van der Waals surface area contributed by atoms with E-state index in [0.29, 0.717) is 27.1 Å². The zero-order chi connectivity index (χ0) is 16.4. The van der Waals surface area contributed by atoms with Crippen LogP contribution in [0.5, 0.6) is 0 Å². The lowest BCUT2D eigenvalue weighted by Gasteiger charge is -2.17. The van der Waals surface area contributed by atoms with Crippen LogP contribution in [0.1, 0.15) is 41.7 Å². The molecule has 0 aliphatic carbocycles. The van der Waals surface area contributed by atoms with Gasteiger partial charge in [0.25, 0.3) is 5.91 Å². The summed E-state index contributed by atoms with van der Waals surface area (Å²) in [5.41, 5.74) is 1.83. The van der Waals surface area contributed by atoms with Crippen molar-refractivity contribution in [1.29, 1.82) is 0 Å². The number of hydrogen-bond acceptors (Lipinski definition) is 4. The number of benzene rings is 1. The van der Waals surface area contributed by atoms with Crippen molar-refractivity contribution >= 4 is 29.1 Å². The topological polar surface area (TPSA) is 75.4 Å². The Labute approximate surface area is 138 Å². The van der Waals surface area contributed by atoms with E-state index in [-0.39, 0.29) is 6.04 Å². The first-order chi connectivity index (χ1) is 10.3. The number of rotatable bonds is 4. The third-order valence-electron chi connectivity index (χ3n) is 3.33. The van der Waals surface area contributed by atoms with Crippen LogP contribution in [0.3, 0.4) is 0 Å². The van der Waals surface area contributed by atoms with E-state index in [1.165, 1.54) is 18.2 Å². The molecule has 2 atom stereocenters. The first kappa shape index (κ1) is 16.8. The summed E-state index contributed by atoms with van der Waals surface area (Å²) in [6.07, 6.45) is -1.36. The Morgan fingerprint density at radius 1 is 1.27 bits per heavy atom.